The van der Waals surface area contributed by atoms with Gasteiger partial charge >= 0.3 is 0 Å². The minimum absolute atomic E-state index is 0.153. The zero-order chi connectivity index (χ0) is 25.8. The quantitative estimate of drug-likeness (QED) is 0.229. The number of thioether (sulfide) groups is 1. The first kappa shape index (κ1) is 24.8. The summed E-state index contributed by atoms with van der Waals surface area (Å²) in [5, 5.41) is 14.0. The number of nitrogens with zero attached hydrogens (tertiary/aromatic N) is 4. The summed E-state index contributed by atoms with van der Waals surface area (Å²) < 4.78 is 7.34. The van der Waals surface area contributed by atoms with E-state index < -0.39 is 0 Å². The van der Waals surface area contributed by atoms with Crippen LogP contribution in [0.25, 0.3) is 33.5 Å². The number of ether oxygens (including phenoxy) is 1. The number of para-hydroxylation sites is 1. The van der Waals surface area contributed by atoms with Gasteiger partial charge in [-0.25, -0.2) is 4.98 Å². The summed E-state index contributed by atoms with van der Waals surface area (Å²) in [6, 6.07) is 25.2. The van der Waals surface area contributed by atoms with Crippen LogP contribution in [0.15, 0.2) is 84.0 Å². The van der Waals surface area contributed by atoms with Crippen LogP contribution in [-0.2, 0) is 11.3 Å². The smallest absolute Gasteiger partial charge is 0.234 e. The molecule has 186 valence electrons. The van der Waals surface area contributed by atoms with Crippen LogP contribution in [0.3, 0.4) is 0 Å². The molecule has 9 heteroatoms. The Hall–Kier alpha value is -3.88. The number of fused-ring (bicyclic) bond motifs is 1. The number of carbonyl (C=O) groups excluding carboxylic acids is 1. The van der Waals surface area contributed by atoms with E-state index in [0.29, 0.717) is 28.2 Å². The molecule has 0 radical (unpaired) electrons. The molecule has 5 aromatic rings. The molecule has 37 heavy (non-hydrogen) atoms. The van der Waals surface area contributed by atoms with E-state index >= 15 is 0 Å². The lowest BCUT2D eigenvalue weighted by Gasteiger charge is -2.12. The fraction of sp³-hybridized carbons (Fsp3) is 0.143. The summed E-state index contributed by atoms with van der Waals surface area (Å²) in [7, 11) is 1.55. The molecule has 0 saturated carbocycles. The number of anilines is 1. The summed E-state index contributed by atoms with van der Waals surface area (Å²) in [4.78, 5) is 17.6. The van der Waals surface area contributed by atoms with E-state index in [2.05, 4.69) is 21.6 Å². The van der Waals surface area contributed by atoms with Gasteiger partial charge in [-0.05, 0) is 37.3 Å². The summed E-state index contributed by atoms with van der Waals surface area (Å²) in [6.45, 7) is 2.68. The van der Waals surface area contributed by atoms with Crippen LogP contribution in [0.5, 0.6) is 5.75 Å². The maximum absolute atomic E-state index is 12.7. The lowest BCUT2D eigenvalue weighted by atomic mass is 10.0. The van der Waals surface area contributed by atoms with E-state index in [4.69, 9.17) is 21.3 Å². The molecule has 0 saturated heterocycles. The number of methoxy groups -OCH3 is 1. The number of rotatable bonds is 8. The van der Waals surface area contributed by atoms with E-state index in [0.717, 1.165) is 33.5 Å². The average molecular weight is 530 g/mol. The van der Waals surface area contributed by atoms with Crippen LogP contribution in [0.4, 0.5) is 5.69 Å². The number of amides is 1. The summed E-state index contributed by atoms with van der Waals surface area (Å²) in [5.41, 5.74) is 4.24. The minimum atomic E-state index is -0.196. The van der Waals surface area contributed by atoms with Crippen molar-refractivity contribution in [1.29, 1.82) is 0 Å². The zero-order valence-electron chi connectivity index (χ0n) is 20.3. The third-order valence-corrected chi connectivity index (χ3v) is 7.03. The monoisotopic (exact) mass is 529 g/mol. The van der Waals surface area contributed by atoms with Crippen LogP contribution >= 0.6 is 23.4 Å². The number of halogens is 1. The number of hydrogen-bond acceptors (Lipinski definition) is 6. The highest BCUT2D eigenvalue weighted by Crippen LogP contribution is 2.33. The predicted octanol–water partition coefficient (Wildman–Crippen LogP) is 6.57. The molecule has 2 aromatic heterocycles. The van der Waals surface area contributed by atoms with Crippen LogP contribution in [0.2, 0.25) is 5.02 Å². The van der Waals surface area contributed by atoms with Crippen LogP contribution in [-0.4, -0.2) is 38.5 Å². The van der Waals surface area contributed by atoms with E-state index in [1.165, 1.54) is 11.8 Å². The molecular formula is C28H24ClN5O2S. The summed E-state index contributed by atoms with van der Waals surface area (Å²) in [5.74, 6) is 1.23. The molecular weight excluding hydrogens is 506 g/mol. The van der Waals surface area contributed by atoms with Gasteiger partial charge in [-0.2, -0.15) is 0 Å². The number of carbonyl (C=O) groups is 1. The first-order valence-electron chi connectivity index (χ1n) is 11.7. The van der Waals surface area contributed by atoms with Gasteiger partial charge in [-0.15, -0.1) is 10.2 Å². The predicted molar refractivity (Wildman–Crippen MR) is 149 cm³/mol. The van der Waals surface area contributed by atoms with Crippen molar-refractivity contribution in [2.45, 2.75) is 18.6 Å². The molecule has 0 aliphatic carbocycles. The van der Waals surface area contributed by atoms with Crippen molar-refractivity contribution in [2.24, 2.45) is 0 Å². The Bertz CT molecular complexity index is 1570. The number of hydrogen-bond donors (Lipinski definition) is 1. The topological polar surface area (TPSA) is 81.9 Å². The minimum Gasteiger partial charge on any atom is -0.495 e. The average Bonchev–Trinajstić information content (AvgIpc) is 3.34. The zero-order valence-corrected chi connectivity index (χ0v) is 21.9. The molecule has 0 spiro atoms. The van der Waals surface area contributed by atoms with E-state index in [-0.39, 0.29) is 11.7 Å². The Balaban J connectivity index is 1.44. The fourth-order valence-corrected chi connectivity index (χ4v) is 5.07. The Morgan fingerprint density at radius 1 is 1.03 bits per heavy atom. The first-order valence-corrected chi connectivity index (χ1v) is 13.1. The molecule has 3 aromatic carbocycles. The Morgan fingerprint density at radius 3 is 2.59 bits per heavy atom. The highest BCUT2D eigenvalue weighted by atomic mass is 35.5. The molecule has 7 nitrogen and oxygen atoms in total. The number of pyridine rings is 1. The standard InChI is InChI=1S/C28H24ClN5O2S/c1-3-34-27(21-16-23(18-9-5-4-6-10-18)30-22-12-8-7-11-20(21)22)32-33-28(34)37-17-26(35)31-24-15-19(29)13-14-25(24)36-2/h4-16H,3,17H2,1-2H3,(H,31,35). The summed E-state index contributed by atoms with van der Waals surface area (Å²) in [6.07, 6.45) is 0. The van der Waals surface area contributed by atoms with Gasteiger partial charge in [0.25, 0.3) is 0 Å². The van der Waals surface area contributed by atoms with Crippen molar-refractivity contribution in [3.05, 3.63) is 83.9 Å². The third kappa shape index (κ3) is 5.30. The molecule has 1 N–H and O–H groups in total. The van der Waals surface area contributed by atoms with Gasteiger partial charge in [0, 0.05) is 28.1 Å². The second kappa shape index (κ2) is 11.0. The van der Waals surface area contributed by atoms with Crippen molar-refractivity contribution in [1.82, 2.24) is 19.7 Å². The fourth-order valence-electron chi connectivity index (χ4n) is 4.09. The largest absolute Gasteiger partial charge is 0.495 e. The van der Waals surface area contributed by atoms with Gasteiger partial charge in [0.1, 0.15) is 5.75 Å². The van der Waals surface area contributed by atoms with Crippen molar-refractivity contribution in [3.8, 4) is 28.4 Å². The van der Waals surface area contributed by atoms with Crippen LogP contribution in [0.1, 0.15) is 6.92 Å². The van der Waals surface area contributed by atoms with Crippen molar-refractivity contribution >= 4 is 45.9 Å². The van der Waals surface area contributed by atoms with Crippen LogP contribution in [0, 0.1) is 0 Å². The van der Waals surface area contributed by atoms with E-state index in [1.54, 1.807) is 25.3 Å². The molecule has 0 fully saturated rings. The maximum Gasteiger partial charge on any atom is 0.234 e. The molecule has 0 unspecified atom stereocenters. The van der Waals surface area contributed by atoms with Gasteiger partial charge in [0.2, 0.25) is 5.91 Å². The molecule has 0 aliphatic heterocycles. The van der Waals surface area contributed by atoms with Gasteiger partial charge in [0.05, 0.1) is 29.8 Å². The first-order chi connectivity index (χ1) is 18.1. The van der Waals surface area contributed by atoms with Crippen molar-refractivity contribution < 1.29 is 9.53 Å². The Morgan fingerprint density at radius 2 is 1.81 bits per heavy atom. The molecule has 1 amide bonds. The molecule has 2 heterocycles. The van der Waals surface area contributed by atoms with Crippen molar-refractivity contribution in [3.63, 3.8) is 0 Å². The van der Waals surface area contributed by atoms with Gasteiger partial charge < -0.3 is 14.6 Å². The molecule has 0 aliphatic rings. The Labute approximate surface area is 223 Å². The highest BCUT2D eigenvalue weighted by Gasteiger charge is 2.19. The molecule has 0 bridgehead atoms. The highest BCUT2D eigenvalue weighted by molar-refractivity contribution is 7.99. The SMILES string of the molecule is CCn1c(SCC(=O)Nc2cc(Cl)ccc2OC)nnc1-c1cc(-c2ccccc2)nc2ccccc12. The van der Waals surface area contributed by atoms with Gasteiger partial charge in [-0.3, -0.25) is 4.79 Å². The van der Waals surface area contributed by atoms with Crippen molar-refractivity contribution in [2.75, 3.05) is 18.2 Å². The lowest BCUT2D eigenvalue weighted by Crippen LogP contribution is -2.15. The maximum atomic E-state index is 12.7. The second-order valence-electron chi connectivity index (χ2n) is 8.17. The number of nitrogens with one attached hydrogen (secondary N) is 1. The Kier molecular flexibility index (Phi) is 7.39. The van der Waals surface area contributed by atoms with E-state index in [9.17, 15) is 4.79 Å². The van der Waals surface area contributed by atoms with Gasteiger partial charge in [0.15, 0.2) is 11.0 Å². The van der Waals surface area contributed by atoms with Crippen LogP contribution < -0.4 is 10.1 Å². The second-order valence-corrected chi connectivity index (χ2v) is 9.55. The molecule has 0 atom stereocenters. The normalized spacial score (nSPS) is 11.0. The number of aromatic nitrogens is 4. The number of benzene rings is 3. The van der Waals surface area contributed by atoms with E-state index in [1.807, 2.05) is 66.1 Å². The third-order valence-electron chi connectivity index (χ3n) is 5.83. The summed E-state index contributed by atoms with van der Waals surface area (Å²) >= 11 is 7.41. The molecule has 5 rings (SSSR count). The lowest BCUT2D eigenvalue weighted by molar-refractivity contribution is -0.113. The van der Waals surface area contributed by atoms with Gasteiger partial charge in [-0.1, -0.05) is 71.9 Å².